The Balaban J connectivity index is 1.76. The maximum atomic E-state index is 12.4. The minimum atomic E-state index is -2.99. The molecule has 0 saturated carbocycles. The molecular formula is C18H18ClN3O3S. The first kappa shape index (κ1) is 17.3. The largest absolute Gasteiger partial charge is 0.321 e. The molecule has 1 atom stereocenters. The monoisotopic (exact) mass is 391 g/mol. The molecule has 26 heavy (non-hydrogen) atoms. The van der Waals surface area contributed by atoms with Crippen molar-refractivity contribution in [2.24, 2.45) is 0 Å². The maximum Gasteiger partial charge on any atom is 0.256 e. The van der Waals surface area contributed by atoms with E-state index in [-0.39, 0.29) is 23.5 Å². The van der Waals surface area contributed by atoms with Crippen LogP contribution < -0.4 is 5.32 Å². The Morgan fingerprint density at radius 2 is 2.12 bits per heavy atom. The molecule has 2 aliphatic rings. The van der Waals surface area contributed by atoms with Gasteiger partial charge < -0.3 is 5.32 Å². The average molecular weight is 392 g/mol. The third-order valence-corrected chi connectivity index (χ3v) is 6.97. The van der Waals surface area contributed by atoms with Gasteiger partial charge in [0.2, 0.25) is 0 Å². The number of fused-ring (bicyclic) bond motifs is 1. The van der Waals surface area contributed by atoms with Gasteiger partial charge >= 0.3 is 0 Å². The summed E-state index contributed by atoms with van der Waals surface area (Å²) in [6.45, 7) is 3.78. The van der Waals surface area contributed by atoms with Gasteiger partial charge in [-0.25, -0.2) is 8.42 Å². The first-order chi connectivity index (χ1) is 12.2. The van der Waals surface area contributed by atoms with Gasteiger partial charge in [0.05, 0.1) is 28.9 Å². The van der Waals surface area contributed by atoms with Gasteiger partial charge in [0.15, 0.2) is 9.84 Å². The molecule has 1 aromatic heterocycles. The van der Waals surface area contributed by atoms with Crippen LogP contribution in [0.4, 0.5) is 5.69 Å². The zero-order valence-electron chi connectivity index (χ0n) is 14.4. The Morgan fingerprint density at radius 1 is 1.35 bits per heavy atom. The molecule has 8 heteroatoms. The second-order valence-corrected chi connectivity index (χ2v) is 9.45. The van der Waals surface area contributed by atoms with Crippen LogP contribution in [0.5, 0.6) is 0 Å². The number of sulfone groups is 1. The summed E-state index contributed by atoms with van der Waals surface area (Å²) in [4.78, 5) is 12.4. The molecular weight excluding hydrogens is 374 g/mol. The number of nitrogens with one attached hydrogen (secondary N) is 1. The zero-order valence-corrected chi connectivity index (χ0v) is 16.0. The van der Waals surface area contributed by atoms with Crippen molar-refractivity contribution in [1.29, 1.82) is 0 Å². The number of aromatic nitrogens is 2. The Bertz CT molecular complexity index is 1070. The standard InChI is InChI=1S/C18H18ClN3O3S/c1-10-15(11(2)22(21-10)13-5-6-26(24,25)9-13)8-16-14-4-3-12(19)7-17(14)20-18(16)23/h3-4,7-8,13H,5-6,9H2,1-2H3,(H,20,23)/b16-8-/t13-/m1/s1. The summed E-state index contributed by atoms with van der Waals surface area (Å²) in [5.74, 6) is 0.132. The summed E-state index contributed by atoms with van der Waals surface area (Å²) in [5.41, 5.74) is 4.54. The van der Waals surface area contributed by atoms with Gasteiger partial charge in [-0.3, -0.25) is 9.48 Å². The van der Waals surface area contributed by atoms with E-state index < -0.39 is 9.84 Å². The number of amides is 1. The Morgan fingerprint density at radius 3 is 2.81 bits per heavy atom. The highest BCUT2D eigenvalue weighted by Gasteiger charge is 2.32. The Labute approximate surface area is 156 Å². The van der Waals surface area contributed by atoms with Crippen LogP contribution in [0, 0.1) is 13.8 Å². The fraction of sp³-hybridized carbons (Fsp3) is 0.333. The molecule has 1 amide bonds. The number of carbonyl (C=O) groups excluding carboxylic acids is 1. The SMILES string of the molecule is Cc1nn([C@@H]2CCS(=O)(=O)C2)c(C)c1/C=C1\C(=O)Nc2cc(Cl)ccc21. The van der Waals surface area contributed by atoms with Crippen molar-refractivity contribution in [2.45, 2.75) is 26.3 Å². The van der Waals surface area contributed by atoms with Gasteiger partial charge in [-0.05, 0) is 38.5 Å². The maximum absolute atomic E-state index is 12.4. The summed E-state index contributed by atoms with van der Waals surface area (Å²) in [7, 11) is -2.99. The highest BCUT2D eigenvalue weighted by molar-refractivity contribution is 7.91. The van der Waals surface area contributed by atoms with Crippen LogP contribution in [0.15, 0.2) is 18.2 Å². The van der Waals surface area contributed by atoms with E-state index in [0.29, 0.717) is 22.7 Å². The molecule has 4 rings (SSSR count). The van der Waals surface area contributed by atoms with Crippen LogP contribution in [-0.4, -0.2) is 35.6 Å². The molecule has 1 fully saturated rings. The van der Waals surface area contributed by atoms with Crippen molar-refractivity contribution in [3.8, 4) is 0 Å². The molecule has 0 spiro atoms. The van der Waals surface area contributed by atoms with Crippen LogP contribution in [0.25, 0.3) is 11.6 Å². The van der Waals surface area contributed by atoms with Crippen molar-refractivity contribution in [2.75, 3.05) is 16.8 Å². The molecule has 2 aromatic rings. The summed E-state index contributed by atoms with van der Waals surface area (Å²) in [6, 6.07) is 5.15. The van der Waals surface area contributed by atoms with E-state index in [0.717, 1.165) is 22.5 Å². The van der Waals surface area contributed by atoms with Crippen LogP contribution >= 0.6 is 11.6 Å². The van der Waals surface area contributed by atoms with Crippen LogP contribution in [0.1, 0.15) is 35.0 Å². The van der Waals surface area contributed by atoms with Crippen molar-refractivity contribution in [1.82, 2.24) is 9.78 Å². The molecule has 1 aromatic carbocycles. The highest BCUT2D eigenvalue weighted by atomic mass is 35.5. The first-order valence-corrected chi connectivity index (χ1v) is 10.5. The van der Waals surface area contributed by atoms with Gasteiger partial charge in [0.1, 0.15) is 0 Å². The number of rotatable bonds is 2. The lowest BCUT2D eigenvalue weighted by atomic mass is 10.0. The number of benzene rings is 1. The molecule has 0 bridgehead atoms. The smallest absolute Gasteiger partial charge is 0.256 e. The fourth-order valence-electron chi connectivity index (χ4n) is 3.66. The van der Waals surface area contributed by atoms with Crippen LogP contribution in [-0.2, 0) is 14.6 Å². The van der Waals surface area contributed by atoms with E-state index in [1.54, 1.807) is 16.8 Å². The third-order valence-electron chi connectivity index (χ3n) is 4.99. The first-order valence-electron chi connectivity index (χ1n) is 8.34. The van der Waals surface area contributed by atoms with Crippen LogP contribution in [0.3, 0.4) is 0 Å². The number of halogens is 1. The third kappa shape index (κ3) is 2.85. The van der Waals surface area contributed by atoms with Gasteiger partial charge in [-0.2, -0.15) is 5.10 Å². The molecule has 6 nitrogen and oxygen atoms in total. The van der Waals surface area contributed by atoms with E-state index in [1.807, 2.05) is 26.0 Å². The molecule has 2 aliphatic heterocycles. The van der Waals surface area contributed by atoms with E-state index >= 15 is 0 Å². The predicted octanol–water partition coefficient (Wildman–Crippen LogP) is 3.01. The van der Waals surface area contributed by atoms with E-state index in [9.17, 15) is 13.2 Å². The minimum Gasteiger partial charge on any atom is -0.321 e. The summed E-state index contributed by atoms with van der Waals surface area (Å²) < 4.78 is 25.4. The summed E-state index contributed by atoms with van der Waals surface area (Å²) >= 11 is 6.00. The number of hydrogen-bond acceptors (Lipinski definition) is 4. The lowest BCUT2D eigenvalue weighted by Crippen LogP contribution is -2.14. The minimum absolute atomic E-state index is 0.118. The molecule has 3 heterocycles. The number of nitrogens with zero attached hydrogens (tertiary/aromatic N) is 2. The second-order valence-electron chi connectivity index (χ2n) is 6.79. The number of aryl methyl sites for hydroxylation is 1. The van der Waals surface area contributed by atoms with Crippen molar-refractivity contribution in [3.63, 3.8) is 0 Å². The van der Waals surface area contributed by atoms with Gasteiger partial charge in [0, 0.05) is 27.4 Å². The molecule has 0 aliphatic carbocycles. The predicted molar refractivity (Wildman–Crippen MR) is 102 cm³/mol. The van der Waals surface area contributed by atoms with E-state index in [4.69, 9.17) is 11.6 Å². The van der Waals surface area contributed by atoms with Crippen LogP contribution in [0.2, 0.25) is 5.02 Å². The molecule has 1 N–H and O–H groups in total. The average Bonchev–Trinajstić information content (AvgIpc) is 3.16. The Hall–Kier alpha value is -2.12. The van der Waals surface area contributed by atoms with Crippen molar-refractivity contribution in [3.05, 3.63) is 45.7 Å². The number of carbonyl (C=O) groups is 1. The quantitative estimate of drug-likeness (QED) is 0.798. The number of hydrogen-bond donors (Lipinski definition) is 1. The topological polar surface area (TPSA) is 81.1 Å². The van der Waals surface area contributed by atoms with Gasteiger partial charge in [-0.1, -0.05) is 17.7 Å². The zero-order chi connectivity index (χ0) is 18.6. The van der Waals surface area contributed by atoms with Gasteiger partial charge in [-0.15, -0.1) is 0 Å². The van der Waals surface area contributed by atoms with Crippen molar-refractivity contribution < 1.29 is 13.2 Å². The van der Waals surface area contributed by atoms with E-state index in [1.165, 1.54) is 0 Å². The summed E-state index contributed by atoms with van der Waals surface area (Å²) in [5, 5.41) is 7.93. The lowest BCUT2D eigenvalue weighted by molar-refractivity contribution is -0.110. The normalized spacial score (nSPS) is 22.7. The second kappa shape index (κ2) is 5.96. The highest BCUT2D eigenvalue weighted by Crippen LogP contribution is 2.36. The molecule has 1 saturated heterocycles. The van der Waals surface area contributed by atoms with E-state index in [2.05, 4.69) is 10.4 Å². The number of anilines is 1. The fourth-order valence-corrected chi connectivity index (χ4v) is 5.53. The van der Waals surface area contributed by atoms with Crippen molar-refractivity contribution >= 4 is 44.7 Å². The molecule has 0 unspecified atom stereocenters. The Kier molecular flexibility index (Phi) is 3.96. The molecule has 0 radical (unpaired) electrons. The lowest BCUT2D eigenvalue weighted by Gasteiger charge is -2.11. The molecule has 136 valence electrons. The van der Waals surface area contributed by atoms with Gasteiger partial charge in [0.25, 0.3) is 5.91 Å². The summed E-state index contributed by atoms with van der Waals surface area (Å²) in [6.07, 6.45) is 2.40.